The maximum atomic E-state index is 3.81. The first kappa shape index (κ1) is 46.0. The minimum atomic E-state index is 0.607. The first-order chi connectivity index (χ1) is 21.4. The van der Waals surface area contributed by atoms with Crippen LogP contribution in [-0.4, -0.2) is 80.9 Å². The SMILES string of the molecule is CC.CC.CC.CC.Cc1cncnn1.Cc1cnncn1.Cc1nccnn1.Cc1ncncn1.Cc1nnc(C)nn1. The van der Waals surface area contributed by atoms with Crippen molar-refractivity contribution in [3.05, 3.63) is 84.8 Å². The molecule has 0 spiro atoms. The van der Waals surface area contributed by atoms with E-state index in [1.807, 2.05) is 76.2 Å². The topological polar surface area (TPSA) is 206 Å². The molecule has 16 heteroatoms. The van der Waals surface area contributed by atoms with E-state index in [9.17, 15) is 0 Å². The van der Waals surface area contributed by atoms with Gasteiger partial charge in [0.2, 0.25) is 0 Å². The molecule has 44 heavy (non-hydrogen) atoms. The molecule has 5 aromatic heterocycles. The van der Waals surface area contributed by atoms with E-state index in [4.69, 9.17) is 0 Å². The van der Waals surface area contributed by atoms with Gasteiger partial charge in [0.25, 0.3) is 0 Å². The summed E-state index contributed by atoms with van der Waals surface area (Å²) >= 11 is 0. The van der Waals surface area contributed by atoms with Crippen LogP contribution in [0.5, 0.6) is 0 Å². The van der Waals surface area contributed by atoms with Crippen molar-refractivity contribution in [3.63, 3.8) is 0 Å². The third-order valence-corrected chi connectivity index (χ3v) is 3.12. The third kappa shape index (κ3) is 35.0. The molecule has 0 amide bonds. The largest absolute Gasteiger partial charge is 0.241 e. The zero-order valence-corrected chi connectivity index (χ0v) is 28.8. The second kappa shape index (κ2) is 38.0. The number of rotatable bonds is 0. The van der Waals surface area contributed by atoms with Gasteiger partial charge >= 0.3 is 0 Å². The van der Waals surface area contributed by atoms with Gasteiger partial charge in [-0.2, -0.15) is 15.3 Å². The quantitative estimate of drug-likeness (QED) is 0.232. The van der Waals surface area contributed by atoms with Crippen LogP contribution in [-0.2, 0) is 0 Å². The highest BCUT2D eigenvalue weighted by Gasteiger charge is 1.86. The molecule has 242 valence electrons. The molecule has 0 fully saturated rings. The van der Waals surface area contributed by atoms with E-state index in [-0.39, 0.29) is 0 Å². The van der Waals surface area contributed by atoms with Crippen molar-refractivity contribution in [1.82, 2.24) is 80.9 Å². The average Bonchev–Trinajstić information content (AvgIpc) is 3.09. The van der Waals surface area contributed by atoms with Gasteiger partial charge in [-0.15, -0.1) is 35.7 Å². The fraction of sp³-hybridized carbons (Fsp3) is 0.500. The smallest absolute Gasteiger partial charge is 0.170 e. The lowest BCUT2D eigenvalue weighted by molar-refractivity contribution is 0.767. The van der Waals surface area contributed by atoms with Gasteiger partial charge in [-0.05, 0) is 41.5 Å². The Bertz CT molecular complexity index is 999. The normalized spacial score (nSPS) is 7.77. The molecule has 0 aliphatic rings. The fourth-order valence-electron chi connectivity index (χ4n) is 1.55. The minimum absolute atomic E-state index is 0.607. The molecule has 0 saturated carbocycles. The Morgan fingerprint density at radius 1 is 0.341 bits per heavy atom. The van der Waals surface area contributed by atoms with Crippen LogP contribution in [0.25, 0.3) is 0 Å². The maximum absolute atomic E-state index is 3.81. The van der Waals surface area contributed by atoms with Crippen LogP contribution in [0.1, 0.15) is 90.1 Å². The van der Waals surface area contributed by atoms with Crippen molar-refractivity contribution in [3.8, 4) is 0 Å². The number of aromatic nitrogens is 16. The van der Waals surface area contributed by atoms with Crippen LogP contribution in [0.15, 0.2) is 50.1 Å². The first-order valence-electron chi connectivity index (χ1n) is 14.2. The van der Waals surface area contributed by atoms with E-state index < -0.39 is 0 Å². The Labute approximate surface area is 262 Å². The molecule has 0 bridgehead atoms. The number of hydrogen-bond donors (Lipinski definition) is 0. The van der Waals surface area contributed by atoms with Gasteiger partial charge in [0.1, 0.15) is 37.0 Å². The van der Waals surface area contributed by atoms with Gasteiger partial charge < -0.3 is 0 Å². The van der Waals surface area contributed by atoms with Gasteiger partial charge in [0, 0.05) is 6.20 Å². The van der Waals surface area contributed by atoms with Crippen LogP contribution >= 0.6 is 0 Å². The molecule has 0 N–H and O–H groups in total. The maximum Gasteiger partial charge on any atom is 0.170 e. The van der Waals surface area contributed by atoms with Gasteiger partial charge in [0.15, 0.2) is 11.6 Å². The Hall–Kier alpha value is -5.02. The summed E-state index contributed by atoms with van der Waals surface area (Å²) in [6.45, 7) is 26.8. The van der Waals surface area contributed by atoms with E-state index in [0.29, 0.717) is 17.5 Å². The van der Waals surface area contributed by atoms with Crippen molar-refractivity contribution >= 4 is 0 Å². The molecule has 0 aliphatic heterocycles. The molecule has 5 aromatic rings. The Kier molecular flexibility index (Phi) is 39.7. The Morgan fingerprint density at radius 3 is 1.11 bits per heavy atom. The van der Waals surface area contributed by atoms with Crippen LogP contribution < -0.4 is 0 Å². The zero-order chi connectivity index (χ0) is 34.4. The molecule has 0 aromatic carbocycles. The van der Waals surface area contributed by atoms with Gasteiger partial charge in [-0.1, -0.05) is 55.4 Å². The number of nitrogens with zero attached hydrogens (tertiary/aromatic N) is 16. The highest BCUT2D eigenvalue weighted by molar-refractivity contribution is 4.84. The second-order valence-electron chi connectivity index (χ2n) is 6.37. The second-order valence-corrected chi connectivity index (χ2v) is 6.37. The number of aryl methyl sites for hydroxylation is 6. The standard InChI is InChI=1S/C4H6N4.4C4H5N3.4C2H6/c1-3-5-7-4(2)8-6-3;1-4-6-2-5-3-7-4;1-4-2-6-7-3-5-4;1-4-2-5-3-6-7-4;1-4-5-2-3-6-7-4;4*1-2/h1-2H3;4*2-3H,1H3;4*1-2H3. The van der Waals surface area contributed by atoms with E-state index in [0.717, 1.165) is 17.2 Å². The summed E-state index contributed by atoms with van der Waals surface area (Å²) in [7, 11) is 0. The molecule has 5 rings (SSSR count). The predicted octanol–water partition coefficient (Wildman–Crippen LogP) is 4.71. The lowest BCUT2D eigenvalue weighted by Gasteiger charge is -1.85. The monoisotopic (exact) mass is 610 g/mol. The minimum Gasteiger partial charge on any atom is -0.241 e. The van der Waals surface area contributed by atoms with E-state index in [1.165, 1.54) is 25.3 Å². The van der Waals surface area contributed by atoms with Crippen LogP contribution in [0, 0.1) is 41.5 Å². The lowest BCUT2D eigenvalue weighted by Crippen LogP contribution is -1.97. The molecule has 0 aliphatic carbocycles. The molecular weight excluding hydrogens is 560 g/mol. The van der Waals surface area contributed by atoms with Crippen LogP contribution in [0.3, 0.4) is 0 Å². The Balaban J connectivity index is -0.000000215. The van der Waals surface area contributed by atoms with Crippen molar-refractivity contribution in [2.24, 2.45) is 0 Å². The molecule has 0 atom stereocenters. The van der Waals surface area contributed by atoms with E-state index >= 15 is 0 Å². The summed E-state index contributed by atoms with van der Waals surface area (Å²) in [5.74, 6) is 2.68. The molecule has 0 saturated heterocycles. The van der Waals surface area contributed by atoms with Gasteiger partial charge in [-0.3, -0.25) is 0 Å². The first-order valence-corrected chi connectivity index (χ1v) is 14.2. The summed E-state index contributed by atoms with van der Waals surface area (Å²) in [6.07, 6.45) is 12.2. The van der Waals surface area contributed by atoms with Gasteiger partial charge in [0.05, 0.1) is 30.0 Å². The average molecular weight is 611 g/mol. The highest BCUT2D eigenvalue weighted by Crippen LogP contribution is 1.79. The van der Waals surface area contributed by atoms with Crippen molar-refractivity contribution in [1.29, 1.82) is 0 Å². The van der Waals surface area contributed by atoms with Gasteiger partial charge in [-0.25, -0.2) is 29.9 Å². The summed E-state index contributed by atoms with van der Waals surface area (Å²) in [4.78, 5) is 22.5. The summed E-state index contributed by atoms with van der Waals surface area (Å²) in [5.41, 5.74) is 1.75. The molecular formula is C28H50N16. The van der Waals surface area contributed by atoms with E-state index in [2.05, 4.69) is 80.9 Å². The third-order valence-electron chi connectivity index (χ3n) is 3.12. The Morgan fingerprint density at radius 2 is 0.886 bits per heavy atom. The van der Waals surface area contributed by atoms with Crippen LogP contribution in [0.4, 0.5) is 0 Å². The number of hydrogen-bond acceptors (Lipinski definition) is 16. The summed E-state index contributed by atoms with van der Waals surface area (Å²) in [5, 5.41) is 36.1. The predicted molar refractivity (Wildman–Crippen MR) is 171 cm³/mol. The summed E-state index contributed by atoms with van der Waals surface area (Å²) in [6, 6.07) is 0. The van der Waals surface area contributed by atoms with Crippen molar-refractivity contribution < 1.29 is 0 Å². The van der Waals surface area contributed by atoms with Crippen LogP contribution in [0.2, 0.25) is 0 Å². The van der Waals surface area contributed by atoms with E-state index in [1.54, 1.807) is 45.6 Å². The highest BCUT2D eigenvalue weighted by atomic mass is 15.3. The van der Waals surface area contributed by atoms with Crippen molar-refractivity contribution in [2.45, 2.75) is 96.9 Å². The summed E-state index contributed by atoms with van der Waals surface area (Å²) < 4.78 is 0. The molecule has 0 unspecified atom stereocenters. The van der Waals surface area contributed by atoms with Crippen molar-refractivity contribution in [2.75, 3.05) is 0 Å². The molecule has 5 heterocycles. The fourth-order valence-corrected chi connectivity index (χ4v) is 1.55. The molecule has 0 radical (unpaired) electrons. The lowest BCUT2D eigenvalue weighted by atomic mass is 10.6. The molecule has 16 nitrogen and oxygen atoms in total. The zero-order valence-electron chi connectivity index (χ0n) is 28.8.